The molecule has 5 heteroatoms. The number of hydrogen-bond acceptors (Lipinski definition) is 4. The average Bonchev–Trinajstić information content (AvgIpc) is 2.65. The van der Waals surface area contributed by atoms with Crippen LogP contribution in [0.1, 0.15) is 77.6 Å². The molecule has 6 rings (SSSR count). The van der Waals surface area contributed by atoms with Gasteiger partial charge in [0, 0.05) is 17.9 Å². The maximum atomic E-state index is 12.5. The Balaban J connectivity index is 1.12. The Bertz CT molecular complexity index is 650. The maximum Gasteiger partial charge on any atom is 0.309 e. The van der Waals surface area contributed by atoms with E-state index in [1.807, 2.05) is 0 Å². The first-order chi connectivity index (χ1) is 13.9. The highest BCUT2D eigenvalue weighted by molar-refractivity contribution is 5.88. The Morgan fingerprint density at radius 1 is 1.00 bits per heavy atom. The van der Waals surface area contributed by atoms with Crippen molar-refractivity contribution >= 4 is 17.7 Å². The zero-order chi connectivity index (χ0) is 20.2. The molecule has 0 radical (unpaired) electrons. The van der Waals surface area contributed by atoms with Crippen LogP contribution in [0.5, 0.6) is 0 Å². The van der Waals surface area contributed by atoms with Crippen molar-refractivity contribution in [2.45, 2.75) is 83.6 Å². The van der Waals surface area contributed by atoms with Crippen LogP contribution in [-0.4, -0.2) is 30.3 Å². The third-order valence-electron chi connectivity index (χ3n) is 9.11. The molecule has 6 bridgehead atoms. The summed E-state index contributed by atoms with van der Waals surface area (Å²) in [5, 5.41) is 3.17. The first kappa shape index (κ1) is 19.6. The van der Waals surface area contributed by atoms with Crippen LogP contribution < -0.4 is 5.32 Å². The van der Waals surface area contributed by atoms with Crippen LogP contribution in [0.4, 0.5) is 0 Å². The van der Waals surface area contributed by atoms with Crippen molar-refractivity contribution in [2.75, 3.05) is 6.61 Å². The quantitative estimate of drug-likeness (QED) is 0.714. The molecule has 6 aliphatic rings. The van der Waals surface area contributed by atoms with Crippen molar-refractivity contribution < 1.29 is 19.1 Å². The average molecular weight is 402 g/mol. The molecule has 0 aromatic heterocycles. The molecule has 1 amide bonds. The highest BCUT2D eigenvalue weighted by Gasteiger charge is 2.53. The molecular formula is C24H35NO4. The van der Waals surface area contributed by atoms with Crippen molar-refractivity contribution in [1.82, 2.24) is 5.32 Å². The van der Waals surface area contributed by atoms with Gasteiger partial charge in [-0.25, -0.2) is 0 Å². The third kappa shape index (κ3) is 3.63. The summed E-state index contributed by atoms with van der Waals surface area (Å²) in [5.74, 6) is 2.31. The van der Waals surface area contributed by atoms with Gasteiger partial charge < -0.3 is 10.1 Å². The summed E-state index contributed by atoms with van der Waals surface area (Å²) >= 11 is 0. The van der Waals surface area contributed by atoms with Gasteiger partial charge in [0.05, 0.1) is 5.92 Å². The summed E-state index contributed by atoms with van der Waals surface area (Å²) in [4.78, 5) is 37.3. The molecular weight excluding hydrogens is 366 g/mol. The van der Waals surface area contributed by atoms with Crippen molar-refractivity contribution in [3.63, 3.8) is 0 Å². The number of ether oxygens (including phenoxy) is 1. The van der Waals surface area contributed by atoms with Gasteiger partial charge in [-0.3, -0.25) is 14.4 Å². The van der Waals surface area contributed by atoms with E-state index in [4.69, 9.17) is 4.74 Å². The van der Waals surface area contributed by atoms with Gasteiger partial charge in [0.2, 0.25) is 0 Å². The van der Waals surface area contributed by atoms with E-state index < -0.39 is 0 Å². The van der Waals surface area contributed by atoms with Gasteiger partial charge in [-0.1, -0.05) is 6.42 Å². The lowest BCUT2D eigenvalue weighted by atomic mass is 9.48. The number of nitrogens with one attached hydrogen (secondary N) is 1. The maximum absolute atomic E-state index is 12.5. The second kappa shape index (κ2) is 7.39. The van der Waals surface area contributed by atoms with E-state index >= 15 is 0 Å². The normalized spacial score (nSPS) is 43.7. The minimum absolute atomic E-state index is 0.0324. The number of rotatable bonds is 5. The zero-order valence-electron chi connectivity index (χ0n) is 17.7. The number of fused-ring (bicyclic) bond motifs is 2. The van der Waals surface area contributed by atoms with E-state index in [1.54, 1.807) is 0 Å². The molecule has 0 spiro atoms. The molecule has 0 aromatic carbocycles. The molecule has 160 valence electrons. The standard InChI is InChI=1S/C24H35NO4/c1-14(24-10-15-5-16(11-24)7-17(6-15)12-24)25-21(26)13-29-23(28)20-8-18-3-2-4-19(9-20)22(18)27/h14-20H,2-13H2,1H3,(H,25,26)/t14-,15?,16?,17?,18-,19+,20?,24?/m0/s1. The van der Waals surface area contributed by atoms with E-state index in [9.17, 15) is 14.4 Å². The number of hydrogen-bond donors (Lipinski definition) is 1. The molecule has 6 saturated carbocycles. The fourth-order valence-electron chi connectivity index (χ4n) is 8.07. The predicted octanol–water partition coefficient (Wildman–Crippen LogP) is 3.65. The molecule has 1 unspecified atom stereocenters. The minimum atomic E-state index is -0.285. The molecule has 29 heavy (non-hydrogen) atoms. The number of Topliss-reactive ketones (excluding diaryl/α,β-unsaturated/α-hetero) is 1. The summed E-state index contributed by atoms with van der Waals surface area (Å²) in [6.45, 7) is 1.97. The Morgan fingerprint density at radius 2 is 1.55 bits per heavy atom. The first-order valence-electron chi connectivity index (χ1n) is 11.9. The monoisotopic (exact) mass is 401 g/mol. The molecule has 4 atom stereocenters. The van der Waals surface area contributed by atoms with Crippen LogP contribution in [0.25, 0.3) is 0 Å². The van der Waals surface area contributed by atoms with Gasteiger partial charge in [0.25, 0.3) is 5.91 Å². The predicted molar refractivity (Wildman–Crippen MR) is 108 cm³/mol. The van der Waals surface area contributed by atoms with Crippen LogP contribution in [0.15, 0.2) is 0 Å². The van der Waals surface area contributed by atoms with Gasteiger partial charge >= 0.3 is 5.97 Å². The van der Waals surface area contributed by atoms with Gasteiger partial charge in [0.1, 0.15) is 5.78 Å². The molecule has 5 nitrogen and oxygen atoms in total. The molecule has 1 N–H and O–H groups in total. The van der Waals surface area contributed by atoms with E-state index in [-0.39, 0.29) is 47.7 Å². The number of carbonyl (C=O) groups excluding carboxylic acids is 3. The summed E-state index contributed by atoms with van der Waals surface area (Å²) in [6, 6.07) is 0.147. The molecule has 6 fully saturated rings. The van der Waals surface area contributed by atoms with E-state index in [0.717, 1.165) is 37.0 Å². The van der Waals surface area contributed by atoms with Crippen LogP contribution in [0, 0.1) is 40.9 Å². The Labute approximate surface area is 173 Å². The van der Waals surface area contributed by atoms with Crippen LogP contribution in [-0.2, 0) is 19.1 Å². The fourth-order valence-corrected chi connectivity index (χ4v) is 8.07. The first-order valence-corrected chi connectivity index (χ1v) is 11.9. The van der Waals surface area contributed by atoms with E-state index in [1.165, 1.54) is 38.5 Å². The summed E-state index contributed by atoms with van der Waals surface area (Å²) in [6.07, 6.45) is 12.0. The summed E-state index contributed by atoms with van der Waals surface area (Å²) < 4.78 is 5.40. The largest absolute Gasteiger partial charge is 0.455 e. The van der Waals surface area contributed by atoms with Crippen LogP contribution in [0.2, 0.25) is 0 Å². The molecule has 0 aromatic rings. The van der Waals surface area contributed by atoms with Crippen molar-refractivity contribution in [3.8, 4) is 0 Å². The molecule has 0 heterocycles. The van der Waals surface area contributed by atoms with Gasteiger partial charge in [0.15, 0.2) is 6.61 Å². The number of amides is 1. The van der Waals surface area contributed by atoms with Gasteiger partial charge in [-0.15, -0.1) is 0 Å². The van der Waals surface area contributed by atoms with Crippen molar-refractivity contribution in [1.29, 1.82) is 0 Å². The zero-order valence-corrected chi connectivity index (χ0v) is 17.7. The Hall–Kier alpha value is -1.39. The molecule has 0 aliphatic heterocycles. The Kier molecular flexibility index (Phi) is 4.98. The number of carbonyl (C=O) groups is 3. The Morgan fingerprint density at radius 3 is 2.10 bits per heavy atom. The van der Waals surface area contributed by atoms with Crippen molar-refractivity contribution in [2.24, 2.45) is 40.9 Å². The van der Waals surface area contributed by atoms with Crippen LogP contribution >= 0.6 is 0 Å². The second-order valence-electron chi connectivity index (χ2n) is 11.1. The SMILES string of the molecule is C[C@H](NC(=O)COC(=O)C1C[C@H]2CCC[C@@H](C1)C2=O)C12CC3CC(CC(C3)C1)C2. The van der Waals surface area contributed by atoms with Gasteiger partial charge in [-0.05, 0) is 94.3 Å². The van der Waals surface area contributed by atoms with E-state index in [0.29, 0.717) is 18.6 Å². The van der Waals surface area contributed by atoms with Crippen LogP contribution in [0.3, 0.4) is 0 Å². The molecule has 0 saturated heterocycles. The lowest BCUT2D eigenvalue weighted by molar-refractivity contribution is -0.157. The van der Waals surface area contributed by atoms with E-state index in [2.05, 4.69) is 12.2 Å². The smallest absolute Gasteiger partial charge is 0.309 e. The number of esters is 1. The second-order valence-corrected chi connectivity index (χ2v) is 11.1. The highest BCUT2D eigenvalue weighted by Crippen LogP contribution is 2.61. The minimum Gasteiger partial charge on any atom is -0.455 e. The summed E-state index contributed by atoms with van der Waals surface area (Å²) in [5.41, 5.74) is 0.260. The summed E-state index contributed by atoms with van der Waals surface area (Å²) in [7, 11) is 0. The van der Waals surface area contributed by atoms with Gasteiger partial charge in [-0.2, -0.15) is 0 Å². The topological polar surface area (TPSA) is 72.5 Å². The lowest BCUT2D eigenvalue weighted by Crippen LogP contribution is -2.56. The molecule has 6 aliphatic carbocycles. The highest BCUT2D eigenvalue weighted by atomic mass is 16.5. The third-order valence-corrected chi connectivity index (χ3v) is 9.11. The lowest BCUT2D eigenvalue weighted by Gasteiger charge is -2.59. The fraction of sp³-hybridized carbons (Fsp3) is 0.875. The van der Waals surface area contributed by atoms with Crippen molar-refractivity contribution in [3.05, 3.63) is 0 Å². The number of ketones is 1.